The van der Waals surface area contributed by atoms with Crippen LogP contribution in [0.2, 0.25) is 0 Å². The third-order valence-electron chi connectivity index (χ3n) is 2.31. The molecule has 0 radical (unpaired) electrons. The number of aliphatic hydroxyl groups is 2. The Hall–Kier alpha value is -0.900. The predicted octanol–water partition coefficient (Wildman–Crippen LogP) is 0.738. The van der Waals surface area contributed by atoms with E-state index < -0.39 is 6.10 Å². The molecule has 1 aromatic carbocycles. The fourth-order valence-corrected chi connectivity index (χ4v) is 1.45. The van der Waals surface area contributed by atoms with Gasteiger partial charge in [-0.3, -0.25) is 0 Å². The van der Waals surface area contributed by atoms with Gasteiger partial charge in [-0.25, -0.2) is 0 Å². The van der Waals surface area contributed by atoms with Crippen LogP contribution in [0.1, 0.15) is 23.7 Å². The van der Waals surface area contributed by atoms with E-state index in [2.05, 4.69) is 0 Å². The van der Waals surface area contributed by atoms with Gasteiger partial charge >= 0.3 is 0 Å². The van der Waals surface area contributed by atoms with Gasteiger partial charge in [0, 0.05) is 6.04 Å². The smallest absolute Gasteiger partial charge is 0.0808 e. The number of benzene rings is 1. The van der Waals surface area contributed by atoms with Crippen LogP contribution in [0.25, 0.3) is 0 Å². The lowest BCUT2D eigenvalue weighted by molar-refractivity contribution is 0.140. The van der Waals surface area contributed by atoms with Crippen LogP contribution in [0.15, 0.2) is 24.3 Å². The van der Waals surface area contributed by atoms with Crippen LogP contribution < -0.4 is 5.73 Å². The zero-order valence-electron chi connectivity index (χ0n) is 8.35. The molecule has 0 bridgehead atoms. The molecule has 2 atom stereocenters. The molecule has 0 aromatic heterocycles. The van der Waals surface area contributed by atoms with E-state index in [1.165, 1.54) is 0 Å². The predicted molar refractivity (Wildman–Crippen MR) is 55.8 cm³/mol. The van der Waals surface area contributed by atoms with Crippen molar-refractivity contribution >= 4 is 0 Å². The summed E-state index contributed by atoms with van der Waals surface area (Å²) in [4.78, 5) is 0. The van der Waals surface area contributed by atoms with Gasteiger partial charge in [0.05, 0.1) is 12.7 Å². The summed E-state index contributed by atoms with van der Waals surface area (Å²) in [5, 5.41) is 18.6. The molecule has 0 aliphatic rings. The Morgan fingerprint density at radius 3 is 2.57 bits per heavy atom. The van der Waals surface area contributed by atoms with Crippen molar-refractivity contribution in [3.63, 3.8) is 0 Å². The maximum absolute atomic E-state index is 9.81. The summed E-state index contributed by atoms with van der Waals surface area (Å²) < 4.78 is 0. The van der Waals surface area contributed by atoms with Crippen LogP contribution in [-0.2, 0) is 0 Å². The number of hydrogen-bond donors (Lipinski definition) is 3. The maximum Gasteiger partial charge on any atom is 0.0808 e. The van der Waals surface area contributed by atoms with E-state index in [-0.39, 0.29) is 12.6 Å². The van der Waals surface area contributed by atoms with Gasteiger partial charge in [-0.2, -0.15) is 0 Å². The van der Waals surface area contributed by atoms with Crippen molar-refractivity contribution in [3.05, 3.63) is 35.4 Å². The zero-order valence-corrected chi connectivity index (χ0v) is 8.35. The average molecular weight is 195 g/mol. The van der Waals surface area contributed by atoms with Crippen molar-refractivity contribution in [3.8, 4) is 0 Å². The molecule has 4 N–H and O–H groups in total. The van der Waals surface area contributed by atoms with Crippen LogP contribution >= 0.6 is 0 Å². The third kappa shape index (κ3) is 2.80. The number of aryl methyl sites for hydroxylation is 1. The van der Waals surface area contributed by atoms with Crippen LogP contribution in [0, 0.1) is 6.92 Å². The molecule has 0 fully saturated rings. The highest BCUT2D eigenvalue weighted by atomic mass is 16.3. The molecule has 78 valence electrons. The summed E-state index contributed by atoms with van der Waals surface area (Å²) in [6.07, 6.45) is -0.195. The normalized spacial score (nSPS) is 15.1. The first-order valence-corrected chi connectivity index (χ1v) is 4.75. The fourth-order valence-electron chi connectivity index (χ4n) is 1.45. The monoisotopic (exact) mass is 195 g/mol. The summed E-state index contributed by atoms with van der Waals surface area (Å²) in [6.45, 7) is 1.85. The molecule has 1 rings (SSSR count). The lowest BCUT2D eigenvalue weighted by Gasteiger charge is -2.16. The molecule has 0 amide bonds. The second-order valence-electron chi connectivity index (χ2n) is 3.55. The average Bonchev–Trinajstić information content (AvgIpc) is 2.18. The molecule has 0 aliphatic heterocycles. The summed E-state index contributed by atoms with van der Waals surface area (Å²) in [5.41, 5.74) is 7.48. The van der Waals surface area contributed by atoms with Gasteiger partial charge in [-0.1, -0.05) is 24.3 Å². The molecular formula is C11H17NO2. The standard InChI is InChI=1S/C11H17NO2/c1-8-4-2-3-5-10(8)11(14)6-9(12)7-13/h2-5,9,11,13-14H,6-7,12H2,1H3/t9-,11-/m0/s1. The highest BCUT2D eigenvalue weighted by Gasteiger charge is 2.13. The van der Waals surface area contributed by atoms with Gasteiger partial charge in [0.15, 0.2) is 0 Å². The van der Waals surface area contributed by atoms with Crippen molar-refractivity contribution in [2.75, 3.05) is 6.61 Å². The number of rotatable bonds is 4. The first-order chi connectivity index (χ1) is 6.65. The topological polar surface area (TPSA) is 66.5 Å². The van der Waals surface area contributed by atoms with Gasteiger partial charge in [-0.05, 0) is 24.5 Å². The van der Waals surface area contributed by atoms with Crippen LogP contribution in [0.5, 0.6) is 0 Å². The van der Waals surface area contributed by atoms with Crippen LogP contribution in [0.3, 0.4) is 0 Å². The van der Waals surface area contributed by atoms with Crippen molar-refractivity contribution < 1.29 is 10.2 Å². The Morgan fingerprint density at radius 1 is 1.36 bits per heavy atom. The maximum atomic E-state index is 9.81. The van der Waals surface area contributed by atoms with Crippen LogP contribution in [0.4, 0.5) is 0 Å². The summed E-state index contributed by atoms with van der Waals surface area (Å²) in [7, 11) is 0. The second-order valence-corrected chi connectivity index (χ2v) is 3.55. The lowest BCUT2D eigenvalue weighted by atomic mass is 9.99. The van der Waals surface area contributed by atoms with Crippen molar-refractivity contribution in [2.24, 2.45) is 5.73 Å². The molecule has 14 heavy (non-hydrogen) atoms. The lowest BCUT2D eigenvalue weighted by Crippen LogP contribution is -2.26. The van der Waals surface area contributed by atoms with Crippen molar-refractivity contribution in [2.45, 2.75) is 25.5 Å². The van der Waals surface area contributed by atoms with Crippen molar-refractivity contribution in [1.29, 1.82) is 0 Å². The number of aliphatic hydroxyl groups excluding tert-OH is 2. The van der Waals surface area contributed by atoms with Gasteiger partial charge in [0.2, 0.25) is 0 Å². The summed E-state index contributed by atoms with van der Waals surface area (Å²) >= 11 is 0. The summed E-state index contributed by atoms with van der Waals surface area (Å²) in [5.74, 6) is 0. The molecule has 0 spiro atoms. The summed E-state index contributed by atoms with van der Waals surface area (Å²) in [6, 6.07) is 7.28. The van der Waals surface area contributed by atoms with E-state index in [4.69, 9.17) is 10.8 Å². The van der Waals surface area contributed by atoms with E-state index in [0.717, 1.165) is 11.1 Å². The van der Waals surface area contributed by atoms with Gasteiger partial charge in [-0.15, -0.1) is 0 Å². The molecule has 0 unspecified atom stereocenters. The SMILES string of the molecule is Cc1ccccc1[C@@H](O)C[C@H](N)CO. The minimum absolute atomic E-state index is 0.0943. The Balaban J connectivity index is 2.69. The van der Waals surface area contributed by atoms with Crippen molar-refractivity contribution in [1.82, 2.24) is 0 Å². The van der Waals surface area contributed by atoms with Gasteiger partial charge in [0.25, 0.3) is 0 Å². The van der Waals surface area contributed by atoms with E-state index in [9.17, 15) is 5.11 Å². The Morgan fingerprint density at radius 2 is 2.00 bits per heavy atom. The Labute approximate surface area is 84.2 Å². The van der Waals surface area contributed by atoms with Crippen LogP contribution in [-0.4, -0.2) is 22.9 Å². The molecular weight excluding hydrogens is 178 g/mol. The first-order valence-electron chi connectivity index (χ1n) is 4.75. The molecule has 3 nitrogen and oxygen atoms in total. The van der Waals surface area contributed by atoms with E-state index in [1.807, 2.05) is 31.2 Å². The Bertz CT molecular complexity index is 288. The van der Waals surface area contributed by atoms with Gasteiger partial charge < -0.3 is 15.9 Å². The molecule has 0 aliphatic carbocycles. The first kappa shape index (κ1) is 11.2. The fraction of sp³-hybridized carbons (Fsp3) is 0.455. The van der Waals surface area contributed by atoms with E-state index >= 15 is 0 Å². The number of nitrogens with two attached hydrogens (primary N) is 1. The third-order valence-corrected chi connectivity index (χ3v) is 2.31. The molecule has 0 saturated heterocycles. The highest BCUT2D eigenvalue weighted by molar-refractivity contribution is 5.27. The molecule has 0 saturated carbocycles. The van der Waals surface area contributed by atoms with Gasteiger partial charge in [0.1, 0.15) is 0 Å². The largest absolute Gasteiger partial charge is 0.395 e. The molecule has 3 heteroatoms. The number of hydrogen-bond acceptors (Lipinski definition) is 3. The quantitative estimate of drug-likeness (QED) is 0.663. The van der Waals surface area contributed by atoms with E-state index in [1.54, 1.807) is 0 Å². The van der Waals surface area contributed by atoms with E-state index in [0.29, 0.717) is 6.42 Å². The zero-order chi connectivity index (χ0) is 10.6. The molecule has 0 heterocycles. The second kappa shape index (κ2) is 5.10. The molecule has 1 aromatic rings. The highest BCUT2D eigenvalue weighted by Crippen LogP contribution is 2.20. The Kier molecular flexibility index (Phi) is 4.07. The minimum atomic E-state index is -0.585. The minimum Gasteiger partial charge on any atom is -0.395 e.